The van der Waals surface area contributed by atoms with Crippen LogP contribution in [0.5, 0.6) is 0 Å². The average Bonchev–Trinajstić information content (AvgIpc) is 3.01. The number of fused-ring (bicyclic) bond motifs is 2. The average molecular weight is 464 g/mol. The largest absolute Gasteiger partial charge is 0.325 e. The van der Waals surface area contributed by atoms with E-state index in [9.17, 15) is 14.4 Å². The molecule has 5 rings (SSSR count). The van der Waals surface area contributed by atoms with Crippen LogP contribution in [0.15, 0.2) is 82.6 Å². The van der Waals surface area contributed by atoms with Gasteiger partial charge < -0.3 is 5.32 Å². The molecule has 2 aliphatic rings. The summed E-state index contributed by atoms with van der Waals surface area (Å²) >= 11 is 7.54. The first-order valence-corrected chi connectivity index (χ1v) is 11.2. The summed E-state index contributed by atoms with van der Waals surface area (Å²) in [5.74, 6) is -0.847. The maximum absolute atomic E-state index is 13.5. The molecular formula is C24H18ClN3O3S. The zero-order valence-electron chi connectivity index (χ0n) is 17.0. The van der Waals surface area contributed by atoms with Crippen molar-refractivity contribution < 1.29 is 14.4 Å². The van der Waals surface area contributed by atoms with Gasteiger partial charge in [-0.25, -0.2) is 4.79 Å². The van der Waals surface area contributed by atoms with Gasteiger partial charge in [0.1, 0.15) is 12.1 Å². The monoisotopic (exact) mass is 463 g/mol. The van der Waals surface area contributed by atoms with Gasteiger partial charge in [-0.05, 0) is 48.9 Å². The normalized spacial score (nSPS) is 19.4. The Morgan fingerprint density at radius 2 is 1.50 bits per heavy atom. The first kappa shape index (κ1) is 20.6. The summed E-state index contributed by atoms with van der Waals surface area (Å²) in [5.41, 5.74) is 0.790. The molecule has 3 aromatic rings. The SMILES string of the molecule is CC1(c2ccc(Cl)cc2)NC(=O)N(CC(=O)N2c3ccccc3Sc3ccccc32)C1=O. The molecule has 2 aliphatic heterocycles. The van der Waals surface area contributed by atoms with Crippen LogP contribution < -0.4 is 10.2 Å². The number of para-hydroxylation sites is 2. The van der Waals surface area contributed by atoms with Crippen LogP contribution in [0, 0.1) is 0 Å². The number of anilines is 2. The van der Waals surface area contributed by atoms with Gasteiger partial charge in [-0.1, -0.05) is 59.8 Å². The number of carbonyl (C=O) groups is 3. The molecule has 160 valence electrons. The lowest BCUT2D eigenvalue weighted by Crippen LogP contribution is -2.44. The Bertz CT molecular complexity index is 1220. The Morgan fingerprint density at radius 1 is 0.938 bits per heavy atom. The second-order valence-electron chi connectivity index (χ2n) is 7.72. The minimum absolute atomic E-state index is 0.367. The molecule has 0 saturated carbocycles. The zero-order chi connectivity index (χ0) is 22.5. The fraction of sp³-hybridized carbons (Fsp3) is 0.125. The number of rotatable bonds is 3. The molecule has 0 radical (unpaired) electrons. The fourth-order valence-corrected chi connectivity index (χ4v) is 5.18. The minimum Gasteiger partial charge on any atom is -0.319 e. The van der Waals surface area contributed by atoms with Crippen molar-refractivity contribution >= 4 is 52.6 Å². The molecule has 0 aromatic heterocycles. The molecule has 0 spiro atoms. The number of imide groups is 1. The van der Waals surface area contributed by atoms with Crippen LogP contribution in [0.3, 0.4) is 0 Å². The summed E-state index contributed by atoms with van der Waals surface area (Å²) in [5, 5.41) is 3.26. The summed E-state index contributed by atoms with van der Waals surface area (Å²) in [6.07, 6.45) is 0. The highest BCUT2D eigenvalue weighted by Gasteiger charge is 2.50. The molecular weight excluding hydrogens is 446 g/mol. The molecule has 2 heterocycles. The van der Waals surface area contributed by atoms with E-state index in [0.29, 0.717) is 10.6 Å². The number of hydrogen-bond acceptors (Lipinski definition) is 4. The van der Waals surface area contributed by atoms with Crippen molar-refractivity contribution in [3.8, 4) is 0 Å². The fourth-order valence-electron chi connectivity index (χ4n) is 4.00. The van der Waals surface area contributed by atoms with E-state index in [0.717, 1.165) is 26.1 Å². The molecule has 3 aromatic carbocycles. The van der Waals surface area contributed by atoms with Crippen molar-refractivity contribution in [1.82, 2.24) is 10.2 Å². The number of hydrogen-bond donors (Lipinski definition) is 1. The van der Waals surface area contributed by atoms with E-state index >= 15 is 0 Å². The quantitative estimate of drug-likeness (QED) is 0.559. The summed E-state index contributed by atoms with van der Waals surface area (Å²) in [6.45, 7) is 1.25. The molecule has 1 unspecified atom stereocenters. The number of halogens is 1. The van der Waals surface area contributed by atoms with E-state index in [1.54, 1.807) is 47.9 Å². The topological polar surface area (TPSA) is 69.7 Å². The van der Waals surface area contributed by atoms with E-state index in [-0.39, 0.29) is 12.5 Å². The van der Waals surface area contributed by atoms with E-state index in [1.807, 2.05) is 48.5 Å². The van der Waals surface area contributed by atoms with E-state index in [1.165, 1.54) is 0 Å². The molecule has 0 bridgehead atoms. The predicted octanol–water partition coefficient (Wildman–Crippen LogP) is 4.94. The van der Waals surface area contributed by atoms with E-state index in [4.69, 9.17) is 11.6 Å². The lowest BCUT2D eigenvalue weighted by atomic mass is 9.92. The Balaban J connectivity index is 1.46. The van der Waals surface area contributed by atoms with Crippen molar-refractivity contribution in [2.75, 3.05) is 11.4 Å². The van der Waals surface area contributed by atoms with Crippen LogP contribution >= 0.6 is 23.4 Å². The third kappa shape index (κ3) is 3.25. The van der Waals surface area contributed by atoms with Crippen molar-refractivity contribution in [2.24, 2.45) is 0 Å². The molecule has 0 aliphatic carbocycles. The molecule has 6 nitrogen and oxygen atoms in total. The van der Waals surface area contributed by atoms with Crippen LogP contribution in [-0.4, -0.2) is 29.3 Å². The van der Waals surface area contributed by atoms with Crippen LogP contribution in [0.4, 0.5) is 16.2 Å². The number of amides is 4. The Morgan fingerprint density at radius 3 is 2.09 bits per heavy atom. The van der Waals surface area contributed by atoms with Gasteiger partial charge in [0.2, 0.25) is 0 Å². The molecule has 1 N–H and O–H groups in total. The lowest BCUT2D eigenvalue weighted by Gasteiger charge is -2.32. The van der Waals surface area contributed by atoms with Crippen molar-refractivity contribution in [2.45, 2.75) is 22.3 Å². The molecule has 1 saturated heterocycles. The van der Waals surface area contributed by atoms with E-state index < -0.39 is 17.5 Å². The van der Waals surface area contributed by atoms with Gasteiger partial charge in [-0.15, -0.1) is 0 Å². The highest BCUT2D eigenvalue weighted by atomic mass is 35.5. The van der Waals surface area contributed by atoms with Gasteiger partial charge >= 0.3 is 6.03 Å². The van der Waals surface area contributed by atoms with Gasteiger partial charge in [0.25, 0.3) is 11.8 Å². The number of nitrogens with one attached hydrogen (secondary N) is 1. The summed E-state index contributed by atoms with van der Waals surface area (Å²) in [6, 6.07) is 21.3. The summed E-state index contributed by atoms with van der Waals surface area (Å²) in [7, 11) is 0. The number of urea groups is 1. The highest BCUT2D eigenvalue weighted by molar-refractivity contribution is 7.99. The second-order valence-corrected chi connectivity index (χ2v) is 9.24. The molecule has 32 heavy (non-hydrogen) atoms. The first-order chi connectivity index (χ1) is 15.4. The molecule has 1 atom stereocenters. The summed E-state index contributed by atoms with van der Waals surface area (Å²) < 4.78 is 0. The first-order valence-electron chi connectivity index (χ1n) is 9.97. The van der Waals surface area contributed by atoms with Crippen LogP contribution in [0.1, 0.15) is 12.5 Å². The Kier molecular flexibility index (Phi) is 4.95. The second kappa shape index (κ2) is 7.69. The van der Waals surface area contributed by atoms with Gasteiger partial charge in [0.15, 0.2) is 0 Å². The van der Waals surface area contributed by atoms with Gasteiger partial charge in [-0.3, -0.25) is 19.4 Å². The number of nitrogens with zero attached hydrogens (tertiary/aromatic N) is 2. The van der Waals surface area contributed by atoms with Crippen LogP contribution in [-0.2, 0) is 15.1 Å². The Hall–Kier alpha value is -3.29. The zero-order valence-corrected chi connectivity index (χ0v) is 18.6. The van der Waals surface area contributed by atoms with Crippen LogP contribution in [0.2, 0.25) is 5.02 Å². The van der Waals surface area contributed by atoms with E-state index in [2.05, 4.69) is 5.32 Å². The smallest absolute Gasteiger partial charge is 0.319 e. The van der Waals surface area contributed by atoms with Crippen molar-refractivity contribution in [1.29, 1.82) is 0 Å². The van der Waals surface area contributed by atoms with Crippen molar-refractivity contribution in [3.05, 3.63) is 83.4 Å². The van der Waals surface area contributed by atoms with Gasteiger partial charge in [0, 0.05) is 14.8 Å². The summed E-state index contributed by atoms with van der Waals surface area (Å²) in [4.78, 5) is 43.9. The maximum Gasteiger partial charge on any atom is 0.325 e. The molecule has 1 fully saturated rings. The van der Waals surface area contributed by atoms with Crippen LogP contribution in [0.25, 0.3) is 0 Å². The van der Waals surface area contributed by atoms with Gasteiger partial charge in [0.05, 0.1) is 11.4 Å². The third-order valence-corrected chi connectivity index (χ3v) is 7.05. The predicted molar refractivity (Wildman–Crippen MR) is 123 cm³/mol. The molecule has 4 amide bonds. The minimum atomic E-state index is -1.27. The van der Waals surface area contributed by atoms with Crippen molar-refractivity contribution in [3.63, 3.8) is 0 Å². The number of carbonyl (C=O) groups excluding carboxylic acids is 3. The number of benzene rings is 3. The standard InChI is InChI=1S/C24H18ClN3O3S/c1-24(15-10-12-16(25)13-11-15)22(30)27(23(31)26-24)14-21(29)28-17-6-2-4-8-19(17)32-20-9-5-3-7-18(20)28/h2-13H,14H2,1H3,(H,26,31). The Labute approximate surface area is 194 Å². The molecule has 8 heteroatoms. The highest BCUT2D eigenvalue weighted by Crippen LogP contribution is 2.48. The maximum atomic E-state index is 13.5. The lowest BCUT2D eigenvalue weighted by molar-refractivity contribution is -0.134. The third-order valence-electron chi connectivity index (χ3n) is 5.67. The van der Waals surface area contributed by atoms with Gasteiger partial charge in [-0.2, -0.15) is 0 Å².